The van der Waals surface area contributed by atoms with E-state index in [1.165, 1.54) is 74.6 Å². The van der Waals surface area contributed by atoms with E-state index in [-0.39, 0.29) is 0 Å². The fraction of sp³-hybridized carbons (Fsp3) is 0.636. The van der Waals surface area contributed by atoms with Gasteiger partial charge in [0.05, 0.1) is 6.61 Å². The Balaban J connectivity index is 1.15. The Morgan fingerprint density at radius 1 is 1.03 bits per heavy atom. The molecule has 2 fully saturated rings. The third-order valence-electron chi connectivity index (χ3n) is 7.36. The minimum absolute atomic E-state index is 0.441. The van der Waals surface area contributed by atoms with Crippen LogP contribution in [0.5, 0.6) is 0 Å². The van der Waals surface area contributed by atoms with E-state index in [0.717, 1.165) is 37.4 Å². The van der Waals surface area contributed by atoms with Gasteiger partial charge < -0.3 is 10.1 Å². The Kier molecular flexibility index (Phi) is 4.58. The SMILES string of the molecule is c1c2c(c(Nc3nc(SN4CCC5(CCOC5)CC4)n[nH]3)c3c1CCC3)CCC2. The van der Waals surface area contributed by atoms with E-state index < -0.39 is 0 Å². The zero-order valence-corrected chi connectivity index (χ0v) is 17.7. The summed E-state index contributed by atoms with van der Waals surface area (Å²) in [6, 6.07) is 2.47. The summed E-state index contributed by atoms with van der Waals surface area (Å²) in [7, 11) is 0. The number of aromatic nitrogens is 3. The summed E-state index contributed by atoms with van der Waals surface area (Å²) in [6.07, 6.45) is 11.0. The number of benzene rings is 1. The number of hydrogen-bond acceptors (Lipinski definition) is 6. The van der Waals surface area contributed by atoms with E-state index in [1.807, 2.05) is 0 Å². The van der Waals surface area contributed by atoms with Crippen LogP contribution in [0, 0.1) is 5.41 Å². The molecule has 154 valence electrons. The molecule has 6 rings (SSSR count). The molecule has 3 heterocycles. The van der Waals surface area contributed by atoms with Crippen LogP contribution in [0.1, 0.15) is 54.4 Å². The normalized spacial score (nSPS) is 22.9. The largest absolute Gasteiger partial charge is 0.381 e. The van der Waals surface area contributed by atoms with E-state index in [2.05, 4.69) is 25.9 Å². The van der Waals surface area contributed by atoms with Crippen LogP contribution in [0.2, 0.25) is 0 Å². The van der Waals surface area contributed by atoms with Crippen molar-refractivity contribution in [2.45, 2.75) is 62.9 Å². The molecule has 0 bridgehead atoms. The maximum atomic E-state index is 5.65. The predicted molar refractivity (Wildman–Crippen MR) is 115 cm³/mol. The molecule has 2 saturated heterocycles. The highest BCUT2D eigenvalue weighted by atomic mass is 32.2. The maximum absolute atomic E-state index is 5.65. The van der Waals surface area contributed by atoms with Gasteiger partial charge in [-0.25, -0.2) is 9.40 Å². The number of piperidine rings is 1. The monoisotopic (exact) mass is 411 g/mol. The van der Waals surface area contributed by atoms with Gasteiger partial charge in [-0.3, -0.25) is 0 Å². The van der Waals surface area contributed by atoms with Crippen LogP contribution in [0.15, 0.2) is 11.2 Å². The zero-order valence-electron chi connectivity index (χ0n) is 16.9. The highest BCUT2D eigenvalue weighted by Gasteiger charge is 2.38. The Morgan fingerprint density at radius 2 is 1.79 bits per heavy atom. The molecule has 6 nitrogen and oxygen atoms in total. The number of aromatic amines is 1. The number of rotatable bonds is 4. The van der Waals surface area contributed by atoms with Crippen LogP contribution in [-0.2, 0) is 30.4 Å². The average molecular weight is 412 g/mol. The molecule has 1 spiro atoms. The highest BCUT2D eigenvalue weighted by Crippen LogP contribution is 2.42. The first kappa shape index (κ1) is 18.2. The van der Waals surface area contributed by atoms with Crippen molar-refractivity contribution in [1.82, 2.24) is 19.5 Å². The summed E-state index contributed by atoms with van der Waals surface area (Å²) in [5.41, 5.74) is 7.87. The Hall–Kier alpha value is -1.57. The first-order valence-corrected chi connectivity index (χ1v) is 11.9. The molecule has 2 aliphatic carbocycles. The molecule has 7 heteroatoms. The second kappa shape index (κ2) is 7.29. The molecular weight excluding hydrogens is 382 g/mol. The molecule has 2 aliphatic heterocycles. The third kappa shape index (κ3) is 3.37. The standard InChI is InChI=1S/C22H29N5OS/c1-3-15-13-16-4-2-6-18(16)19(17(15)5-1)23-20-24-21(26-25-20)29-27-10-7-22(8-11-27)9-12-28-14-22/h13H,1-12,14H2,(H2,23,24,25,26). The lowest BCUT2D eigenvalue weighted by Crippen LogP contribution is -2.37. The summed E-state index contributed by atoms with van der Waals surface area (Å²) in [6.45, 7) is 4.07. The Labute approximate surface area is 176 Å². The van der Waals surface area contributed by atoms with E-state index in [0.29, 0.717) is 5.41 Å². The molecule has 0 radical (unpaired) electrons. The van der Waals surface area contributed by atoms with Gasteiger partial charge in [0, 0.05) is 37.3 Å². The van der Waals surface area contributed by atoms with E-state index in [1.54, 1.807) is 23.1 Å². The molecule has 0 unspecified atom stereocenters. The minimum atomic E-state index is 0.441. The van der Waals surface area contributed by atoms with Crippen molar-refractivity contribution in [3.05, 3.63) is 28.3 Å². The molecule has 1 aromatic carbocycles. The van der Waals surface area contributed by atoms with Gasteiger partial charge in [-0.2, -0.15) is 4.98 Å². The van der Waals surface area contributed by atoms with Gasteiger partial charge in [-0.15, -0.1) is 5.10 Å². The van der Waals surface area contributed by atoms with Crippen molar-refractivity contribution in [3.63, 3.8) is 0 Å². The summed E-state index contributed by atoms with van der Waals surface area (Å²) in [5.74, 6) is 0.777. The van der Waals surface area contributed by atoms with E-state index in [9.17, 15) is 0 Å². The summed E-state index contributed by atoms with van der Waals surface area (Å²) >= 11 is 1.69. The van der Waals surface area contributed by atoms with Crippen LogP contribution in [0.25, 0.3) is 0 Å². The van der Waals surface area contributed by atoms with Crippen molar-refractivity contribution >= 4 is 23.6 Å². The second-order valence-electron chi connectivity index (χ2n) is 9.15. The minimum Gasteiger partial charge on any atom is -0.381 e. The lowest BCUT2D eigenvalue weighted by molar-refractivity contribution is 0.112. The van der Waals surface area contributed by atoms with Gasteiger partial charge in [-0.1, -0.05) is 6.07 Å². The topological polar surface area (TPSA) is 66.1 Å². The average Bonchev–Trinajstić information content (AvgIpc) is 3.51. The first-order valence-electron chi connectivity index (χ1n) is 11.1. The number of H-pyrrole nitrogens is 1. The zero-order chi connectivity index (χ0) is 19.3. The summed E-state index contributed by atoms with van der Waals surface area (Å²) in [5, 5.41) is 12.1. The van der Waals surface area contributed by atoms with Gasteiger partial charge in [0.25, 0.3) is 0 Å². The molecule has 0 amide bonds. The number of nitrogens with zero attached hydrogens (tertiary/aromatic N) is 3. The Bertz CT molecular complexity index is 878. The molecule has 0 atom stereocenters. The molecule has 1 aromatic heterocycles. The van der Waals surface area contributed by atoms with Gasteiger partial charge >= 0.3 is 0 Å². The Morgan fingerprint density at radius 3 is 2.48 bits per heavy atom. The number of anilines is 2. The lowest BCUT2D eigenvalue weighted by atomic mass is 9.79. The number of nitrogens with one attached hydrogen (secondary N) is 2. The maximum Gasteiger partial charge on any atom is 0.225 e. The van der Waals surface area contributed by atoms with E-state index in [4.69, 9.17) is 9.72 Å². The van der Waals surface area contributed by atoms with Crippen LogP contribution in [-0.4, -0.2) is 45.8 Å². The fourth-order valence-electron chi connectivity index (χ4n) is 5.64. The van der Waals surface area contributed by atoms with Crippen LogP contribution < -0.4 is 5.32 Å². The summed E-state index contributed by atoms with van der Waals surface area (Å²) in [4.78, 5) is 4.76. The molecule has 4 aliphatic rings. The van der Waals surface area contributed by atoms with Crippen molar-refractivity contribution in [2.75, 3.05) is 31.6 Å². The van der Waals surface area contributed by atoms with Gasteiger partial charge in [0.15, 0.2) is 0 Å². The molecular formula is C22H29N5OS. The van der Waals surface area contributed by atoms with Gasteiger partial charge in [0.2, 0.25) is 11.1 Å². The third-order valence-corrected chi connectivity index (χ3v) is 8.33. The molecule has 29 heavy (non-hydrogen) atoms. The highest BCUT2D eigenvalue weighted by molar-refractivity contribution is 7.96. The number of fused-ring (bicyclic) bond motifs is 2. The van der Waals surface area contributed by atoms with Crippen molar-refractivity contribution in [1.29, 1.82) is 0 Å². The van der Waals surface area contributed by atoms with Gasteiger partial charge in [0.1, 0.15) is 0 Å². The van der Waals surface area contributed by atoms with Crippen LogP contribution in [0.3, 0.4) is 0 Å². The van der Waals surface area contributed by atoms with E-state index >= 15 is 0 Å². The van der Waals surface area contributed by atoms with Crippen LogP contribution >= 0.6 is 11.9 Å². The van der Waals surface area contributed by atoms with Crippen molar-refractivity contribution in [3.8, 4) is 0 Å². The quantitative estimate of drug-likeness (QED) is 0.741. The second-order valence-corrected chi connectivity index (χ2v) is 10.2. The summed E-state index contributed by atoms with van der Waals surface area (Å²) < 4.78 is 8.06. The number of aryl methyl sites for hydroxylation is 2. The van der Waals surface area contributed by atoms with Crippen LogP contribution in [0.4, 0.5) is 11.6 Å². The first-order chi connectivity index (χ1) is 14.3. The predicted octanol–water partition coefficient (Wildman–Crippen LogP) is 4.04. The number of hydrogen-bond donors (Lipinski definition) is 2. The lowest BCUT2D eigenvalue weighted by Gasteiger charge is -2.36. The molecule has 0 saturated carbocycles. The van der Waals surface area contributed by atoms with Gasteiger partial charge in [-0.05, 0) is 85.5 Å². The fourth-order valence-corrected chi connectivity index (χ4v) is 6.45. The smallest absolute Gasteiger partial charge is 0.225 e. The number of ether oxygens (including phenoxy) is 1. The van der Waals surface area contributed by atoms with Crippen molar-refractivity contribution < 1.29 is 4.74 Å². The molecule has 2 N–H and O–H groups in total. The molecule has 2 aromatic rings. The van der Waals surface area contributed by atoms with Crippen molar-refractivity contribution in [2.24, 2.45) is 5.41 Å².